The van der Waals surface area contributed by atoms with E-state index in [0.717, 1.165) is 21.5 Å². The van der Waals surface area contributed by atoms with Gasteiger partial charge in [-0.1, -0.05) is 26.0 Å². The highest BCUT2D eigenvalue weighted by molar-refractivity contribution is 5.43. The predicted octanol–water partition coefficient (Wildman–Crippen LogP) is 0.853. The van der Waals surface area contributed by atoms with Crippen molar-refractivity contribution in [2.24, 2.45) is 0 Å². The Labute approximate surface area is 111 Å². The molecule has 1 aromatic heterocycles. The number of aromatic nitrogens is 4. The lowest BCUT2D eigenvalue weighted by Crippen LogP contribution is -2.26. The molecule has 0 spiro atoms. The minimum absolute atomic E-state index is 0.135. The number of tetrazole rings is 1. The summed E-state index contributed by atoms with van der Waals surface area (Å²) in [5.74, 6) is 0.377. The van der Waals surface area contributed by atoms with E-state index in [1.54, 1.807) is 0 Å². The number of hydrogen-bond donors (Lipinski definition) is 1. The summed E-state index contributed by atoms with van der Waals surface area (Å²) in [6, 6.07) is 5.98. The number of aryl methyl sites for hydroxylation is 1. The van der Waals surface area contributed by atoms with E-state index in [-0.39, 0.29) is 18.8 Å². The minimum atomic E-state index is -0.335. The van der Waals surface area contributed by atoms with Crippen LogP contribution < -0.4 is 5.69 Å². The van der Waals surface area contributed by atoms with Crippen LogP contribution in [0.1, 0.15) is 30.9 Å². The van der Waals surface area contributed by atoms with Crippen molar-refractivity contribution in [3.8, 4) is 5.69 Å². The van der Waals surface area contributed by atoms with Gasteiger partial charge in [-0.3, -0.25) is 0 Å². The summed E-state index contributed by atoms with van der Waals surface area (Å²) in [4.78, 5) is 12.1. The second-order valence-electron chi connectivity index (χ2n) is 4.82. The van der Waals surface area contributed by atoms with Gasteiger partial charge in [0, 0.05) is 0 Å². The third kappa shape index (κ3) is 2.58. The molecule has 2 rings (SSSR count). The predicted molar refractivity (Wildman–Crippen MR) is 71.5 cm³/mol. The van der Waals surface area contributed by atoms with Crippen LogP contribution in [0.25, 0.3) is 5.69 Å². The Balaban J connectivity index is 2.52. The quantitative estimate of drug-likeness (QED) is 0.886. The normalized spacial score (nSPS) is 11.2. The first-order chi connectivity index (χ1) is 9.04. The molecule has 102 valence electrons. The van der Waals surface area contributed by atoms with Crippen molar-refractivity contribution in [3.63, 3.8) is 0 Å². The van der Waals surface area contributed by atoms with Gasteiger partial charge in [0.2, 0.25) is 0 Å². The fraction of sp³-hybridized carbons (Fsp3) is 0.462. The van der Waals surface area contributed by atoms with Crippen LogP contribution in [-0.2, 0) is 6.54 Å². The van der Waals surface area contributed by atoms with Crippen LogP contribution in [0.4, 0.5) is 0 Å². The monoisotopic (exact) mass is 262 g/mol. The van der Waals surface area contributed by atoms with Gasteiger partial charge in [0.15, 0.2) is 0 Å². The van der Waals surface area contributed by atoms with Crippen LogP contribution in [-0.4, -0.2) is 31.5 Å². The maximum atomic E-state index is 12.1. The van der Waals surface area contributed by atoms with Gasteiger partial charge >= 0.3 is 5.69 Å². The number of benzene rings is 1. The van der Waals surface area contributed by atoms with Crippen LogP contribution in [0.3, 0.4) is 0 Å². The zero-order valence-electron chi connectivity index (χ0n) is 11.4. The molecule has 0 aliphatic heterocycles. The molecule has 0 saturated carbocycles. The molecule has 0 radical (unpaired) electrons. The highest BCUT2D eigenvalue weighted by Crippen LogP contribution is 2.20. The van der Waals surface area contributed by atoms with Crippen LogP contribution in [0.2, 0.25) is 0 Å². The third-order valence-corrected chi connectivity index (χ3v) is 3.08. The standard InChI is InChI=1S/C13H18N4O2/c1-9(2)11-5-4-10(3)12(8-11)17-13(19)16(6-7-18)14-15-17/h4-5,8-9,18H,6-7H2,1-3H3. The van der Waals surface area contributed by atoms with E-state index in [2.05, 4.69) is 24.3 Å². The molecule has 2 aromatic rings. The van der Waals surface area contributed by atoms with E-state index in [1.165, 1.54) is 4.68 Å². The first-order valence-electron chi connectivity index (χ1n) is 6.29. The van der Waals surface area contributed by atoms with E-state index in [4.69, 9.17) is 5.11 Å². The van der Waals surface area contributed by atoms with Crippen LogP contribution in [0, 0.1) is 6.92 Å². The van der Waals surface area contributed by atoms with E-state index in [1.807, 2.05) is 25.1 Å². The lowest BCUT2D eigenvalue weighted by molar-refractivity contribution is 0.266. The minimum Gasteiger partial charge on any atom is -0.394 e. The number of aliphatic hydroxyl groups is 1. The topological polar surface area (TPSA) is 72.9 Å². The fourth-order valence-electron chi connectivity index (χ4n) is 1.87. The second-order valence-corrected chi connectivity index (χ2v) is 4.82. The molecule has 0 aliphatic carbocycles. The number of nitrogens with zero attached hydrogens (tertiary/aromatic N) is 4. The SMILES string of the molecule is Cc1ccc(C(C)C)cc1-n1nnn(CCO)c1=O. The average Bonchev–Trinajstić information content (AvgIpc) is 2.72. The van der Waals surface area contributed by atoms with Crippen LogP contribution >= 0.6 is 0 Å². The molecule has 0 amide bonds. The Hall–Kier alpha value is -1.95. The first-order valence-corrected chi connectivity index (χ1v) is 6.29. The van der Waals surface area contributed by atoms with Gasteiger partial charge in [-0.2, -0.15) is 9.36 Å². The van der Waals surface area contributed by atoms with E-state index in [0.29, 0.717) is 5.92 Å². The highest BCUT2D eigenvalue weighted by atomic mass is 16.3. The molecule has 0 saturated heterocycles. The highest BCUT2D eigenvalue weighted by Gasteiger charge is 2.12. The van der Waals surface area contributed by atoms with Crippen molar-refractivity contribution in [1.82, 2.24) is 19.8 Å². The number of hydrogen-bond acceptors (Lipinski definition) is 4. The molecule has 0 aliphatic rings. The van der Waals surface area contributed by atoms with Gasteiger partial charge in [-0.25, -0.2) is 4.79 Å². The van der Waals surface area contributed by atoms with Crippen molar-refractivity contribution in [2.75, 3.05) is 6.61 Å². The Morgan fingerprint density at radius 1 is 1.32 bits per heavy atom. The molecule has 0 fully saturated rings. The molecule has 1 aromatic carbocycles. The van der Waals surface area contributed by atoms with E-state index < -0.39 is 0 Å². The lowest BCUT2D eigenvalue weighted by atomic mass is 10.0. The maximum Gasteiger partial charge on any atom is 0.368 e. The molecule has 0 unspecified atom stereocenters. The van der Waals surface area contributed by atoms with Gasteiger partial charge in [0.1, 0.15) is 0 Å². The fourth-order valence-corrected chi connectivity index (χ4v) is 1.87. The molecule has 1 heterocycles. The molecule has 19 heavy (non-hydrogen) atoms. The maximum absolute atomic E-state index is 12.1. The summed E-state index contributed by atoms with van der Waals surface area (Å²) in [5.41, 5.74) is 2.50. The summed E-state index contributed by atoms with van der Waals surface area (Å²) >= 11 is 0. The number of rotatable bonds is 4. The summed E-state index contributed by atoms with van der Waals surface area (Å²) in [5, 5.41) is 16.5. The second kappa shape index (κ2) is 5.36. The average molecular weight is 262 g/mol. The van der Waals surface area contributed by atoms with Gasteiger partial charge in [-0.15, -0.1) is 0 Å². The molecular weight excluding hydrogens is 244 g/mol. The van der Waals surface area contributed by atoms with Gasteiger partial charge < -0.3 is 5.11 Å². The van der Waals surface area contributed by atoms with Gasteiger partial charge in [0.05, 0.1) is 18.8 Å². The number of aliphatic hydroxyl groups excluding tert-OH is 1. The summed E-state index contributed by atoms with van der Waals surface area (Å²) in [7, 11) is 0. The Bertz CT molecular complexity index is 628. The van der Waals surface area contributed by atoms with Crippen molar-refractivity contribution in [3.05, 3.63) is 39.8 Å². The largest absolute Gasteiger partial charge is 0.394 e. The Morgan fingerprint density at radius 2 is 2.05 bits per heavy atom. The van der Waals surface area contributed by atoms with Gasteiger partial charge in [-0.05, 0) is 40.5 Å². The van der Waals surface area contributed by atoms with Gasteiger partial charge in [0.25, 0.3) is 0 Å². The molecule has 6 nitrogen and oxygen atoms in total. The van der Waals surface area contributed by atoms with Crippen LogP contribution in [0.5, 0.6) is 0 Å². The molecule has 6 heteroatoms. The molecule has 1 N–H and O–H groups in total. The smallest absolute Gasteiger partial charge is 0.368 e. The first kappa shape index (κ1) is 13.5. The molecular formula is C13H18N4O2. The zero-order valence-corrected chi connectivity index (χ0v) is 11.4. The summed E-state index contributed by atoms with van der Waals surface area (Å²) < 4.78 is 2.43. The zero-order chi connectivity index (χ0) is 14.0. The molecule has 0 atom stereocenters. The summed E-state index contributed by atoms with van der Waals surface area (Å²) in [6.07, 6.45) is 0. The van der Waals surface area contributed by atoms with E-state index >= 15 is 0 Å². The Morgan fingerprint density at radius 3 is 2.68 bits per heavy atom. The van der Waals surface area contributed by atoms with Crippen molar-refractivity contribution in [2.45, 2.75) is 33.2 Å². The third-order valence-electron chi connectivity index (χ3n) is 3.08. The van der Waals surface area contributed by atoms with Crippen LogP contribution in [0.15, 0.2) is 23.0 Å². The van der Waals surface area contributed by atoms with Crippen molar-refractivity contribution >= 4 is 0 Å². The Kier molecular flexibility index (Phi) is 3.80. The summed E-state index contributed by atoms with van der Waals surface area (Å²) in [6.45, 7) is 6.14. The van der Waals surface area contributed by atoms with Crippen molar-refractivity contribution in [1.29, 1.82) is 0 Å². The van der Waals surface area contributed by atoms with Crippen molar-refractivity contribution < 1.29 is 5.11 Å². The molecule has 0 bridgehead atoms. The van der Waals surface area contributed by atoms with E-state index in [9.17, 15) is 4.79 Å². The lowest BCUT2D eigenvalue weighted by Gasteiger charge is -2.09.